The molecule has 1 aliphatic rings. The molecule has 2 aromatic rings. The lowest BCUT2D eigenvalue weighted by molar-refractivity contribution is -0.131. The van der Waals surface area contributed by atoms with Crippen molar-refractivity contribution in [1.82, 2.24) is 4.90 Å². The van der Waals surface area contributed by atoms with Crippen molar-refractivity contribution in [2.24, 2.45) is 0 Å². The Morgan fingerprint density at radius 1 is 1.29 bits per heavy atom. The van der Waals surface area contributed by atoms with Gasteiger partial charge in [0.25, 0.3) is 0 Å². The summed E-state index contributed by atoms with van der Waals surface area (Å²) >= 11 is 0. The van der Waals surface area contributed by atoms with E-state index in [0.717, 1.165) is 41.7 Å². The van der Waals surface area contributed by atoms with Crippen LogP contribution in [0.3, 0.4) is 0 Å². The highest BCUT2D eigenvalue weighted by atomic mass is 16.3. The molecule has 1 saturated carbocycles. The predicted octanol–water partition coefficient (Wildman–Crippen LogP) is 3.94. The Labute approximate surface area is 125 Å². The van der Waals surface area contributed by atoms with Gasteiger partial charge < -0.3 is 9.32 Å². The van der Waals surface area contributed by atoms with Crippen LogP contribution in [0, 0.1) is 0 Å². The molecule has 1 amide bonds. The monoisotopic (exact) mass is 285 g/mol. The first kappa shape index (κ1) is 14.2. The van der Waals surface area contributed by atoms with Crippen molar-refractivity contribution in [3.05, 3.63) is 35.6 Å². The molecule has 1 fully saturated rings. The lowest BCUT2D eigenvalue weighted by atomic mass is 10.1. The molecular weight excluding hydrogens is 262 g/mol. The summed E-state index contributed by atoms with van der Waals surface area (Å²) in [6.07, 6.45) is 4.74. The summed E-state index contributed by atoms with van der Waals surface area (Å²) in [4.78, 5) is 14.5. The fourth-order valence-electron chi connectivity index (χ4n) is 2.83. The third-order valence-corrected chi connectivity index (χ3v) is 4.11. The van der Waals surface area contributed by atoms with E-state index in [4.69, 9.17) is 4.42 Å². The van der Waals surface area contributed by atoms with Gasteiger partial charge in [-0.3, -0.25) is 4.79 Å². The van der Waals surface area contributed by atoms with Crippen LogP contribution < -0.4 is 0 Å². The standard InChI is InChI=1S/C18H23NO2/c1-3-9-19(15-7-8-15)18(20)11-13-5-6-14-12-16(4-2)21-17(14)10-13/h5-6,10,12,15H,3-4,7-9,11H2,1-2H3. The van der Waals surface area contributed by atoms with Crippen molar-refractivity contribution in [2.75, 3.05) is 6.54 Å². The van der Waals surface area contributed by atoms with E-state index in [9.17, 15) is 4.79 Å². The second-order valence-corrected chi connectivity index (χ2v) is 5.93. The first-order valence-corrected chi connectivity index (χ1v) is 8.02. The molecule has 3 rings (SSSR count). The Bertz CT molecular complexity index is 640. The second-order valence-electron chi connectivity index (χ2n) is 5.93. The molecule has 0 aliphatic heterocycles. The Kier molecular flexibility index (Phi) is 4.00. The molecule has 112 valence electrons. The van der Waals surface area contributed by atoms with E-state index in [1.807, 2.05) is 12.1 Å². The molecule has 0 unspecified atom stereocenters. The number of furan rings is 1. The number of rotatable bonds is 6. The highest BCUT2D eigenvalue weighted by molar-refractivity contribution is 5.83. The maximum absolute atomic E-state index is 12.5. The van der Waals surface area contributed by atoms with E-state index in [1.165, 1.54) is 12.8 Å². The number of carbonyl (C=O) groups excluding carboxylic acids is 1. The summed E-state index contributed by atoms with van der Waals surface area (Å²) in [5.41, 5.74) is 1.94. The average Bonchev–Trinajstić information content (AvgIpc) is 3.23. The molecule has 1 aliphatic carbocycles. The Morgan fingerprint density at radius 3 is 2.76 bits per heavy atom. The van der Waals surface area contributed by atoms with E-state index in [2.05, 4.69) is 30.9 Å². The van der Waals surface area contributed by atoms with E-state index < -0.39 is 0 Å². The molecule has 3 nitrogen and oxygen atoms in total. The maximum atomic E-state index is 12.5. The number of nitrogens with zero attached hydrogens (tertiary/aromatic N) is 1. The van der Waals surface area contributed by atoms with E-state index >= 15 is 0 Å². The molecule has 0 N–H and O–H groups in total. The fourth-order valence-corrected chi connectivity index (χ4v) is 2.83. The number of fused-ring (bicyclic) bond motifs is 1. The molecule has 0 spiro atoms. The van der Waals surface area contributed by atoms with E-state index in [0.29, 0.717) is 12.5 Å². The molecule has 1 heterocycles. The van der Waals surface area contributed by atoms with Gasteiger partial charge in [0.15, 0.2) is 0 Å². The summed E-state index contributed by atoms with van der Waals surface area (Å²) in [5, 5.41) is 1.12. The number of benzene rings is 1. The van der Waals surface area contributed by atoms with Gasteiger partial charge in [-0.1, -0.05) is 26.0 Å². The van der Waals surface area contributed by atoms with E-state index in [1.54, 1.807) is 0 Å². The molecule has 1 aromatic heterocycles. The molecule has 0 saturated heterocycles. The largest absolute Gasteiger partial charge is 0.461 e. The van der Waals surface area contributed by atoms with Crippen LogP contribution in [0.2, 0.25) is 0 Å². The van der Waals surface area contributed by atoms with Gasteiger partial charge in [-0.25, -0.2) is 0 Å². The van der Waals surface area contributed by atoms with Crippen LogP contribution in [-0.4, -0.2) is 23.4 Å². The number of hydrogen-bond acceptors (Lipinski definition) is 2. The Balaban J connectivity index is 1.75. The molecule has 0 bridgehead atoms. The quantitative estimate of drug-likeness (QED) is 0.805. The molecular formula is C18H23NO2. The smallest absolute Gasteiger partial charge is 0.227 e. The van der Waals surface area contributed by atoms with Crippen LogP contribution in [0.15, 0.2) is 28.7 Å². The van der Waals surface area contributed by atoms with Crippen molar-refractivity contribution >= 4 is 16.9 Å². The predicted molar refractivity (Wildman–Crippen MR) is 84.3 cm³/mol. The van der Waals surface area contributed by atoms with Crippen LogP contribution >= 0.6 is 0 Å². The first-order valence-electron chi connectivity index (χ1n) is 8.02. The summed E-state index contributed by atoms with van der Waals surface area (Å²) in [7, 11) is 0. The van der Waals surface area contributed by atoms with Crippen molar-refractivity contribution in [3.63, 3.8) is 0 Å². The minimum Gasteiger partial charge on any atom is -0.461 e. The zero-order valence-electron chi connectivity index (χ0n) is 12.9. The average molecular weight is 285 g/mol. The minimum absolute atomic E-state index is 0.251. The van der Waals surface area contributed by atoms with Crippen molar-refractivity contribution in [1.29, 1.82) is 0 Å². The van der Waals surface area contributed by atoms with Gasteiger partial charge in [-0.05, 0) is 37.0 Å². The maximum Gasteiger partial charge on any atom is 0.227 e. The summed E-state index contributed by atoms with van der Waals surface area (Å²) in [6, 6.07) is 8.70. The van der Waals surface area contributed by atoms with Gasteiger partial charge in [-0.2, -0.15) is 0 Å². The van der Waals surface area contributed by atoms with Gasteiger partial charge in [-0.15, -0.1) is 0 Å². The van der Waals surface area contributed by atoms with Gasteiger partial charge in [0, 0.05) is 24.4 Å². The van der Waals surface area contributed by atoms with E-state index in [-0.39, 0.29) is 5.91 Å². The lowest BCUT2D eigenvalue weighted by Crippen LogP contribution is -2.34. The van der Waals surface area contributed by atoms with Gasteiger partial charge in [0.05, 0.1) is 6.42 Å². The Hall–Kier alpha value is -1.77. The number of carbonyl (C=O) groups is 1. The van der Waals surface area contributed by atoms with Crippen LogP contribution in [0.4, 0.5) is 0 Å². The van der Waals surface area contributed by atoms with Crippen LogP contribution in [0.5, 0.6) is 0 Å². The highest BCUT2D eigenvalue weighted by Gasteiger charge is 2.31. The van der Waals surface area contributed by atoms with Gasteiger partial charge in [0.1, 0.15) is 11.3 Å². The molecule has 0 atom stereocenters. The van der Waals surface area contributed by atoms with Crippen molar-refractivity contribution < 1.29 is 9.21 Å². The molecule has 3 heteroatoms. The van der Waals surface area contributed by atoms with Crippen LogP contribution in [0.25, 0.3) is 11.0 Å². The fraction of sp³-hybridized carbons (Fsp3) is 0.500. The third kappa shape index (κ3) is 3.12. The molecule has 21 heavy (non-hydrogen) atoms. The second kappa shape index (κ2) is 5.92. The lowest BCUT2D eigenvalue weighted by Gasteiger charge is -2.21. The molecule has 1 aromatic carbocycles. The third-order valence-electron chi connectivity index (χ3n) is 4.11. The topological polar surface area (TPSA) is 33.5 Å². The Morgan fingerprint density at radius 2 is 2.10 bits per heavy atom. The highest BCUT2D eigenvalue weighted by Crippen LogP contribution is 2.28. The van der Waals surface area contributed by atoms with Gasteiger partial charge in [0.2, 0.25) is 5.91 Å². The normalized spacial score (nSPS) is 14.6. The number of hydrogen-bond donors (Lipinski definition) is 0. The first-order chi connectivity index (χ1) is 10.2. The summed E-state index contributed by atoms with van der Waals surface area (Å²) in [5.74, 6) is 1.25. The molecule has 0 radical (unpaired) electrons. The summed E-state index contributed by atoms with van der Waals surface area (Å²) < 4.78 is 5.78. The van der Waals surface area contributed by atoms with Gasteiger partial charge >= 0.3 is 0 Å². The SMILES string of the molecule is CCCN(C(=O)Cc1ccc2cc(CC)oc2c1)C1CC1. The summed E-state index contributed by atoms with van der Waals surface area (Å²) in [6.45, 7) is 5.09. The van der Waals surface area contributed by atoms with Crippen molar-refractivity contribution in [2.45, 2.75) is 52.0 Å². The van der Waals surface area contributed by atoms with Crippen molar-refractivity contribution in [3.8, 4) is 0 Å². The number of aryl methyl sites for hydroxylation is 1. The zero-order valence-corrected chi connectivity index (χ0v) is 12.9. The minimum atomic E-state index is 0.251. The number of amides is 1. The van der Waals surface area contributed by atoms with Crippen LogP contribution in [0.1, 0.15) is 44.4 Å². The zero-order chi connectivity index (χ0) is 14.8. The van der Waals surface area contributed by atoms with Crippen LogP contribution in [-0.2, 0) is 17.6 Å².